The van der Waals surface area contributed by atoms with E-state index in [9.17, 15) is 4.79 Å². The van der Waals surface area contributed by atoms with Gasteiger partial charge in [-0.1, -0.05) is 53.7 Å². The predicted molar refractivity (Wildman–Crippen MR) is 112 cm³/mol. The molecule has 0 radical (unpaired) electrons. The molecule has 27 heavy (non-hydrogen) atoms. The molecule has 1 heterocycles. The highest BCUT2D eigenvalue weighted by atomic mass is 28.4. The van der Waals surface area contributed by atoms with Crippen molar-refractivity contribution in [3.63, 3.8) is 0 Å². The fraction of sp³-hybridized carbons (Fsp3) is 0.682. The lowest BCUT2D eigenvalue weighted by atomic mass is 10.1. The zero-order chi connectivity index (χ0) is 20.6. The molecule has 4 nitrogen and oxygen atoms in total. The van der Waals surface area contributed by atoms with Gasteiger partial charge in [-0.2, -0.15) is 0 Å². The van der Waals surface area contributed by atoms with Crippen LogP contribution < -0.4 is 4.43 Å². The van der Waals surface area contributed by atoms with Crippen LogP contribution in [0.4, 0.5) is 0 Å². The highest BCUT2D eigenvalue weighted by Crippen LogP contribution is 2.44. The highest BCUT2D eigenvalue weighted by molar-refractivity contribution is 6.78. The summed E-state index contributed by atoms with van der Waals surface area (Å²) in [5, 5.41) is 0. The van der Waals surface area contributed by atoms with Crippen LogP contribution in [0, 0.1) is 0 Å². The summed E-state index contributed by atoms with van der Waals surface area (Å²) in [6.07, 6.45) is -0.706. The van der Waals surface area contributed by atoms with Gasteiger partial charge in [0.2, 0.25) is 0 Å². The van der Waals surface area contributed by atoms with E-state index in [0.29, 0.717) is 16.6 Å². The maximum Gasteiger partial charge on any atom is 0.338 e. The number of rotatable bonds is 7. The molecule has 0 unspecified atom stereocenters. The van der Waals surface area contributed by atoms with Crippen molar-refractivity contribution in [2.24, 2.45) is 0 Å². The molecule has 2 atom stereocenters. The van der Waals surface area contributed by atoms with Crippen LogP contribution in [0.2, 0.25) is 16.6 Å². The number of benzene rings is 1. The van der Waals surface area contributed by atoms with Gasteiger partial charge in [-0.15, -0.1) is 0 Å². The van der Waals surface area contributed by atoms with Crippen molar-refractivity contribution in [2.75, 3.05) is 0 Å². The summed E-state index contributed by atoms with van der Waals surface area (Å²) in [5.74, 6) is 0.620. The number of carbonyl (C=O) groups is 1. The molecule has 1 fully saturated rings. The van der Waals surface area contributed by atoms with Crippen molar-refractivity contribution in [1.29, 1.82) is 0 Å². The van der Waals surface area contributed by atoms with E-state index in [-0.39, 0.29) is 12.1 Å². The van der Waals surface area contributed by atoms with Crippen LogP contribution in [0.1, 0.15) is 74.0 Å². The number of epoxide rings is 1. The molecule has 0 N–H and O–H groups in total. The van der Waals surface area contributed by atoms with Gasteiger partial charge in [0, 0.05) is 0 Å². The summed E-state index contributed by atoms with van der Waals surface area (Å²) in [6.45, 7) is 19.3. The SMILES string of the molecule is CC(C)[Si](Oc1ccc([C@@H]2O[C@H]2C(=O)OC(C)(C)C)cc1)(C(C)C)C(C)C. The molecule has 2 rings (SSSR count). The van der Waals surface area contributed by atoms with E-state index in [4.69, 9.17) is 13.9 Å². The summed E-state index contributed by atoms with van der Waals surface area (Å²) in [5.41, 5.74) is 2.08. The predicted octanol–water partition coefficient (Wildman–Crippen LogP) is 6.02. The Morgan fingerprint density at radius 1 is 0.963 bits per heavy atom. The normalized spacial score (nSPS) is 20.3. The summed E-state index contributed by atoms with van der Waals surface area (Å²) < 4.78 is 17.6. The Morgan fingerprint density at radius 3 is 1.85 bits per heavy atom. The molecular formula is C22H36O4Si. The lowest BCUT2D eigenvalue weighted by Crippen LogP contribution is -2.50. The smallest absolute Gasteiger partial charge is 0.338 e. The van der Waals surface area contributed by atoms with Crippen molar-refractivity contribution in [2.45, 2.75) is 96.7 Å². The van der Waals surface area contributed by atoms with Crippen molar-refractivity contribution >= 4 is 14.3 Å². The minimum atomic E-state index is -1.96. The standard InChI is InChI=1S/C22H36O4Si/c1-14(2)27(15(3)4,16(5)6)26-18-12-10-17(11-13-18)19-20(24-19)21(23)25-22(7,8)9/h10-16,19-20H,1-9H3/t19-,20+/m0/s1. The molecule has 5 heteroatoms. The lowest BCUT2D eigenvalue weighted by molar-refractivity contribution is -0.156. The molecule has 1 aromatic rings. The average Bonchev–Trinajstić information content (AvgIpc) is 3.31. The number of esters is 1. The molecule has 1 aliphatic rings. The van der Waals surface area contributed by atoms with Crippen molar-refractivity contribution in [3.8, 4) is 5.75 Å². The van der Waals surface area contributed by atoms with E-state index in [1.807, 2.05) is 45.0 Å². The monoisotopic (exact) mass is 392 g/mol. The highest BCUT2D eigenvalue weighted by Gasteiger charge is 2.49. The third-order valence-electron chi connectivity index (χ3n) is 5.34. The molecule has 0 spiro atoms. The topological polar surface area (TPSA) is 48.1 Å². The lowest BCUT2D eigenvalue weighted by Gasteiger charge is -2.42. The maximum absolute atomic E-state index is 12.1. The van der Waals surface area contributed by atoms with Crippen LogP contribution >= 0.6 is 0 Å². The Morgan fingerprint density at radius 2 is 1.44 bits per heavy atom. The summed E-state index contributed by atoms with van der Waals surface area (Å²) in [7, 11) is -1.96. The van der Waals surface area contributed by atoms with Gasteiger partial charge in [0.25, 0.3) is 8.32 Å². The van der Waals surface area contributed by atoms with Gasteiger partial charge in [0.1, 0.15) is 17.5 Å². The quantitative estimate of drug-likeness (QED) is 0.323. The van der Waals surface area contributed by atoms with Crippen LogP contribution in [-0.4, -0.2) is 26.0 Å². The number of ether oxygens (including phenoxy) is 2. The van der Waals surface area contributed by atoms with Crippen LogP contribution in [-0.2, 0) is 14.3 Å². The summed E-state index contributed by atoms with van der Waals surface area (Å²) in [4.78, 5) is 12.1. The first-order valence-corrected chi connectivity index (χ1v) is 12.2. The van der Waals surface area contributed by atoms with Gasteiger partial charge < -0.3 is 13.9 Å². The maximum atomic E-state index is 12.1. The van der Waals surface area contributed by atoms with Crippen LogP contribution in [0.25, 0.3) is 0 Å². The molecule has 0 aliphatic carbocycles. The Labute approximate surface area is 165 Å². The van der Waals surface area contributed by atoms with Gasteiger partial charge >= 0.3 is 5.97 Å². The van der Waals surface area contributed by atoms with Gasteiger partial charge in [0.15, 0.2) is 6.10 Å². The summed E-state index contributed by atoms with van der Waals surface area (Å²) in [6, 6.07) is 8.03. The second kappa shape index (κ2) is 7.96. The van der Waals surface area contributed by atoms with Gasteiger partial charge in [-0.3, -0.25) is 0 Å². The number of carbonyl (C=O) groups excluding carboxylic acids is 1. The van der Waals surface area contributed by atoms with Crippen LogP contribution in [0.3, 0.4) is 0 Å². The Bertz CT molecular complexity index is 621. The fourth-order valence-corrected chi connectivity index (χ4v) is 9.44. The first-order valence-electron chi connectivity index (χ1n) is 10.1. The molecule has 1 aromatic carbocycles. The molecule has 152 valence electrons. The van der Waals surface area contributed by atoms with E-state index in [2.05, 4.69) is 41.5 Å². The molecule has 1 aliphatic heterocycles. The third kappa shape index (κ3) is 4.94. The first-order chi connectivity index (χ1) is 12.4. The molecular weight excluding hydrogens is 356 g/mol. The van der Waals surface area contributed by atoms with Gasteiger partial charge in [-0.25, -0.2) is 4.79 Å². The third-order valence-corrected chi connectivity index (χ3v) is 11.3. The van der Waals surface area contributed by atoms with E-state index in [1.54, 1.807) is 0 Å². The minimum Gasteiger partial charge on any atom is -0.543 e. The Kier molecular flexibility index (Phi) is 6.47. The second-order valence-electron chi connectivity index (χ2n) is 9.50. The van der Waals surface area contributed by atoms with E-state index < -0.39 is 20.0 Å². The average molecular weight is 393 g/mol. The van der Waals surface area contributed by atoms with Crippen molar-refractivity contribution in [1.82, 2.24) is 0 Å². The number of hydrogen-bond acceptors (Lipinski definition) is 4. The van der Waals surface area contributed by atoms with E-state index in [0.717, 1.165) is 11.3 Å². The van der Waals surface area contributed by atoms with Crippen molar-refractivity contribution < 1.29 is 18.7 Å². The minimum absolute atomic E-state index is 0.212. The van der Waals surface area contributed by atoms with Gasteiger partial charge in [0.05, 0.1) is 0 Å². The van der Waals surface area contributed by atoms with Gasteiger partial charge in [-0.05, 0) is 55.1 Å². The van der Waals surface area contributed by atoms with E-state index in [1.165, 1.54) is 0 Å². The molecule has 0 bridgehead atoms. The molecule has 1 saturated heterocycles. The zero-order valence-corrected chi connectivity index (χ0v) is 19.3. The number of hydrogen-bond donors (Lipinski definition) is 0. The summed E-state index contributed by atoms with van der Waals surface area (Å²) >= 11 is 0. The fourth-order valence-electron chi connectivity index (χ4n) is 4.19. The zero-order valence-electron chi connectivity index (χ0n) is 18.3. The Balaban J connectivity index is 2.09. The van der Waals surface area contributed by atoms with Crippen LogP contribution in [0.15, 0.2) is 24.3 Å². The molecule has 0 saturated carbocycles. The van der Waals surface area contributed by atoms with Crippen molar-refractivity contribution in [3.05, 3.63) is 29.8 Å². The first kappa shape index (κ1) is 22.0. The Hall–Kier alpha value is -1.33. The molecule has 0 amide bonds. The van der Waals surface area contributed by atoms with E-state index >= 15 is 0 Å². The molecule has 0 aromatic heterocycles. The largest absolute Gasteiger partial charge is 0.543 e. The second-order valence-corrected chi connectivity index (χ2v) is 14.9. The van der Waals surface area contributed by atoms with Crippen LogP contribution in [0.5, 0.6) is 5.75 Å².